The molecule has 1 aliphatic heterocycles. The third-order valence-electron chi connectivity index (χ3n) is 7.97. The van der Waals surface area contributed by atoms with E-state index in [4.69, 9.17) is 15.6 Å². The number of nitrogens with zero attached hydrogens (tertiary/aromatic N) is 2. The number of fused-ring (bicyclic) bond motifs is 1. The van der Waals surface area contributed by atoms with Crippen molar-refractivity contribution in [1.29, 1.82) is 0 Å². The number of benzene rings is 3. The third-order valence-corrected chi connectivity index (χ3v) is 7.97. The number of nitrogens with one attached hydrogen (secondary N) is 1. The minimum absolute atomic E-state index is 0.126. The van der Waals surface area contributed by atoms with E-state index < -0.39 is 60.4 Å². The second-order valence-electron chi connectivity index (χ2n) is 11.5. The lowest BCUT2D eigenvalue weighted by atomic mass is 9.91. The van der Waals surface area contributed by atoms with Gasteiger partial charge in [0.1, 0.15) is 17.8 Å². The van der Waals surface area contributed by atoms with Crippen molar-refractivity contribution in [3.8, 4) is 5.75 Å². The van der Waals surface area contributed by atoms with Crippen LogP contribution < -0.4 is 16.0 Å². The molecule has 3 amide bonds. The van der Waals surface area contributed by atoms with Crippen LogP contribution in [0.15, 0.2) is 66.7 Å². The first-order valence-electron chi connectivity index (χ1n) is 15.0. The Kier molecular flexibility index (Phi) is 12.5. The largest absolute Gasteiger partial charge is 0.508 e. The van der Waals surface area contributed by atoms with E-state index in [-0.39, 0.29) is 25.1 Å². The van der Waals surface area contributed by atoms with Crippen LogP contribution in [-0.2, 0) is 43.4 Å². The fourth-order valence-corrected chi connectivity index (χ4v) is 5.46. The lowest BCUT2D eigenvalue weighted by Gasteiger charge is -2.38. The summed E-state index contributed by atoms with van der Waals surface area (Å²) in [6, 6.07) is 16.0. The van der Waals surface area contributed by atoms with E-state index in [1.54, 1.807) is 42.5 Å². The molecule has 0 fully saturated rings. The summed E-state index contributed by atoms with van der Waals surface area (Å²) >= 11 is 0. The molecule has 6 N–H and O–H groups in total. The predicted molar refractivity (Wildman–Crippen MR) is 171 cm³/mol. The molecule has 0 bridgehead atoms. The number of amides is 3. The molecule has 0 spiro atoms. The number of alkyl halides is 3. The minimum atomic E-state index is -5.08. The van der Waals surface area contributed by atoms with E-state index in [1.807, 2.05) is 38.1 Å². The molecule has 12 nitrogen and oxygen atoms in total. The molecule has 0 aromatic heterocycles. The highest BCUT2D eigenvalue weighted by Gasteiger charge is 2.39. The van der Waals surface area contributed by atoms with Crippen LogP contribution in [0.2, 0.25) is 0 Å². The summed E-state index contributed by atoms with van der Waals surface area (Å²) < 4.78 is 31.7. The molecule has 3 aromatic rings. The second-order valence-corrected chi connectivity index (χ2v) is 11.5. The topological polar surface area (TPSA) is 191 Å². The molecule has 1 aliphatic rings. The van der Waals surface area contributed by atoms with Gasteiger partial charge in [-0.1, -0.05) is 42.5 Å². The van der Waals surface area contributed by atoms with Gasteiger partial charge in [0.2, 0.25) is 17.7 Å². The van der Waals surface area contributed by atoms with E-state index in [0.29, 0.717) is 5.69 Å². The summed E-state index contributed by atoms with van der Waals surface area (Å²) in [6.45, 7) is 3.80. The van der Waals surface area contributed by atoms with Gasteiger partial charge >= 0.3 is 18.1 Å². The number of carboxylic acid groups (broad SMARTS) is 2. The Morgan fingerprint density at radius 1 is 0.959 bits per heavy atom. The molecule has 15 heteroatoms. The van der Waals surface area contributed by atoms with Gasteiger partial charge in [0.05, 0.1) is 12.5 Å². The van der Waals surface area contributed by atoms with Crippen LogP contribution in [0.5, 0.6) is 5.75 Å². The number of aliphatic carboxylic acids is 2. The molecule has 0 saturated carbocycles. The monoisotopic (exact) mass is 686 g/mol. The van der Waals surface area contributed by atoms with Crippen molar-refractivity contribution in [1.82, 2.24) is 10.2 Å². The molecule has 3 atom stereocenters. The Hall–Kier alpha value is -5.44. The van der Waals surface area contributed by atoms with Gasteiger partial charge in [0.25, 0.3) is 0 Å². The Morgan fingerprint density at radius 2 is 1.49 bits per heavy atom. The first kappa shape index (κ1) is 38.0. The maximum atomic E-state index is 13.8. The molecule has 0 saturated heterocycles. The van der Waals surface area contributed by atoms with Crippen molar-refractivity contribution in [3.63, 3.8) is 0 Å². The number of nitrogens with two attached hydrogens (primary N) is 1. The molecule has 262 valence electrons. The number of aromatic hydroxyl groups is 1. The summed E-state index contributed by atoms with van der Waals surface area (Å²) in [5.41, 5.74) is 11.2. The summed E-state index contributed by atoms with van der Waals surface area (Å²) in [6.07, 6.45) is -5.33. The maximum Gasteiger partial charge on any atom is 0.490 e. The van der Waals surface area contributed by atoms with Crippen LogP contribution in [0.4, 0.5) is 18.9 Å². The van der Waals surface area contributed by atoms with Gasteiger partial charge in [-0.05, 0) is 72.4 Å². The number of para-hydroxylation sites is 1. The highest BCUT2D eigenvalue weighted by molar-refractivity contribution is 6.01. The smallest absolute Gasteiger partial charge is 0.490 e. The van der Waals surface area contributed by atoms with Crippen LogP contribution in [-0.4, -0.2) is 81.2 Å². The zero-order valence-electron chi connectivity index (χ0n) is 26.9. The highest BCUT2D eigenvalue weighted by atomic mass is 19.4. The summed E-state index contributed by atoms with van der Waals surface area (Å²) in [7, 11) is 1.51. The SMILES string of the molecule is Cc1cc(O)cc(C)c1C[C@H](N)C(=O)N1Cc2ccccc2C[C@H]1C(=O)N[C@@H](CC(=O)O)C(=O)N(C)c1ccccc1.O=C(O)C(F)(F)F. The zero-order valence-corrected chi connectivity index (χ0v) is 26.9. The zero-order chi connectivity index (χ0) is 36.6. The number of phenols is 1. The van der Waals surface area contributed by atoms with Crippen molar-refractivity contribution in [3.05, 3.63) is 94.5 Å². The number of rotatable bonds is 9. The van der Waals surface area contributed by atoms with Crippen molar-refractivity contribution in [2.75, 3.05) is 11.9 Å². The van der Waals surface area contributed by atoms with Crippen LogP contribution >= 0.6 is 0 Å². The molecular formula is C34H37F3N4O8. The molecular weight excluding hydrogens is 649 g/mol. The van der Waals surface area contributed by atoms with Gasteiger partial charge in [-0.25, -0.2) is 4.79 Å². The number of phenolic OH excluding ortho intramolecular Hbond substituents is 1. The molecule has 0 aliphatic carbocycles. The van der Waals surface area contributed by atoms with Gasteiger partial charge in [0, 0.05) is 25.7 Å². The van der Waals surface area contributed by atoms with Crippen molar-refractivity contribution in [2.24, 2.45) is 5.73 Å². The van der Waals surface area contributed by atoms with Gasteiger partial charge < -0.3 is 36.2 Å². The molecule has 0 unspecified atom stereocenters. The number of carbonyl (C=O) groups is 5. The minimum Gasteiger partial charge on any atom is -0.508 e. The van der Waals surface area contributed by atoms with Crippen molar-refractivity contribution < 1.29 is 52.5 Å². The Balaban J connectivity index is 0.000000838. The van der Waals surface area contributed by atoms with Crippen LogP contribution in [0.1, 0.15) is 34.2 Å². The first-order valence-corrected chi connectivity index (χ1v) is 15.0. The first-order chi connectivity index (χ1) is 22.9. The maximum absolute atomic E-state index is 13.8. The van der Waals surface area contributed by atoms with E-state index >= 15 is 0 Å². The van der Waals surface area contributed by atoms with Crippen LogP contribution in [0, 0.1) is 13.8 Å². The number of halogens is 3. The fraction of sp³-hybridized carbons (Fsp3) is 0.324. The normalized spacial score (nSPS) is 15.1. The number of hydrogen-bond donors (Lipinski definition) is 5. The molecule has 1 heterocycles. The number of carboxylic acids is 2. The van der Waals surface area contributed by atoms with E-state index in [2.05, 4.69) is 5.32 Å². The standard InChI is InChI=1S/C32H36N4O6.C2HF3O2/c1-19-13-24(37)14-20(2)25(19)16-26(33)31(41)36-18-22-10-8-7-9-21(22)15-28(36)30(40)34-27(17-29(38)39)32(42)35(3)23-11-5-4-6-12-23;3-2(4,5)1(6)7/h4-14,26-28,37H,15-18,33H2,1-3H3,(H,34,40)(H,38,39);(H,6,7)/t26-,27-,28-;/m0./s1. The van der Waals surface area contributed by atoms with Gasteiger partial charge in [-0.15, -0.1) is 0 Å². The highest BCUT2D eigenvalue weighted by Crippen LogP contribution is 2.27. The summed E-state index contributed by atoms with van der Waals surface area (Å²) in [5.74, 6) is -5.56. The fourth-order valence-electron chi connectivity index (χ4n) is 5.46. The second kappa shape index (κ2) is 16.1. The predicted octanol–water partition coefficient (Wildman–Crippen LogP) is 3.09. The molecule has 0 radical (unpaired) electrons. The summed E-state index contributed by atoms with van der Waals surface area (Å²) in [4.78, 5) is 64.2. The van der Waals surface area contributed by atoms with Gasteiger partial charge in [0.15, 0.2) is 0 Å². The van der Waals surface area contributed by atoms with E-state index in [0.717, 1.165) is 27.8 Å². The van der Waals surface area contributed by atoms with Crippen molar-refractivity contribution in [2.45, 2.75) is 64.0 Å². The lowest BCUT2D eigenvalue weighted by Crippen LogP contribution is -2.59. The number of carbonyl (C=O) groups excluding carboxylic acids is 3. The van der Waals surface area contributed by atoms with Crippen LogP contribution in [0.3, 0.4) is 0 Å². The van der Waals surface area contributed by atoms with Gasteiger partial charge in [-0.3, -0.25) is 19.2 Å². The number of likely N-dealkylation sites (N-methyl/N-ethyl adjacent to an activating group) is 1. The van der Waals surface area contributed by atoms with Crippen molar-refractivity contribution >= 4 is 35.3 Å². The van der Waals surface area contributed by atoms with Gasteiger partial charge in [-0.2, -0.15) is 13.2 Å². The van der Waals surface area contributed by atoms with E-state index in [1.165, 1.54) is 16.8 Å². The average molecular weight is 687 g/mol. The van der Waals surface area contributed by atoms with Crippen LogP contribution in [0.25, 0.3) is 0 Å². The number of hydrogen-bond acceptors (Lipinski definition) is 7. The Bertz CT molecular complexity index is 1680. The lowest BCUT2D eigenvalue weighted by molar-refractivity contribution is -0.192. The Labute approximate surface area is 279 Å². The average Bonchev–Trinajstić information content (AvgIpc) is 3.04. The summed E-state index contributed by atoms with van der Waals surface area (Å²) in [5, 5.41) is 29.2. The molecule has 49 heavy (non-hydrogen) atoms. The number of aryl methyl sites for hydroxylation is 2. The third kappa shape index (κ3) is 10.0. The Morgan fingerprint density at radius 3 is 2.02 bits per heavy atom. The number of anilines is 1. The van der Waals surface area contributed by atoms with E-state index in [9.17, 15) is 42.6 Å². The quantitative estimate of drug-likeness (QED) is 0.225. The molecule has 3 aromatic carbocycles. The molecule has 4 rings (SSSR count).